The van der Waals surface area contributed by atoms with Crippen molar-refractivity contribution in [2.24, 2.45) is 11.8 Å². The van der Waals surface area contributed by atoms with Crippen LogP contribution in [-0.2, 0) is 6.42 Å². The lowest BCUT2D eigenvalue weighted by Crippen LogP contribution is -2.37. The lowest BCUT2D eigenvalue weighted by Gasteiger charge is -2.34. The Morgan fingerprint density at radius 2 is 1.89 bits per heavy atom. The van der Waals surface area contributed by atoms with E-state index >= 15 is 0 Å². The molecule has 0 aromatic heterocycles. The van der Waals surface area contributed by atoms with Crippen LogP contribution in [0.15, 0.2) is 12.1 Å². The Labute approximate surface area is 171 Å². The molecule has 0 atom stereocenters. The number of benzene rings is 1. The number of nitrogens with one attached hydrogen (secondary N) is 1. The zero-order chi connectivity index (χ0) is 20.7. The fourth-order valence-electron chi connectivity index (χ4n) is 4.03. The summed E-state index contributed by atoms with van der Waals surface area (Å²) in [6, 6.07) is 4.14. The van der Waals surface area contributed by atoms with E-state index in [4.69, 9.17) is 5.73 Å². The molecule has 5 nitrogen and oxygen atoms in total. The molecule has 1 saturated heterocycles. The van der Waals surface area contributed by atoms with E-state index in [2.05, 4.69) is 61.9 Å². The number of carbonyl (C=O) groups excluding carboxylic acids is 1. The number of nitrogens with two attached hydrogens (primary N) is 1. The molecule has 1 aliphatic heterocycles. The molecule has 0 bridgehead atoms. The average Bonchev–Trinajstić information content (AvgIpc) is 2.65. The van der Waals surface area contributed by atoms with Crippen LogP contribution >= 0.6 is 0 Å². The van der Waals surface area contributed by atoms with Crippen LogP contribution in [0.5, 0.6) is 0 Å². The molecular formula is C23H40N4O. The number of nitrogen functional groups attached to an aromatic ring is 1. The molecule has 3 N–H and O–H groups in total. The average molecular weight is 389 g/mol. The molecule has 158 valence electrons. The standard InChI is InChI=1S/C23H40N4O/c1-6-26(7-2)13-10-25-23(28)20-15-19(14-17(3)4)16-21(24)22(20)27-11-8-18(5)9-12-27/h15-18H,6-14,24H2,1-5H3,(H,25,28). The molecule has 5 heteroatoms. The van der Waals surface area contributed by atoms with Gasteiger partial charge < -0.3 is 20.9 Å². The van der Waals surface area contributed by atoms with Crippen LogP contribution in [0, 0.1) is 11.8 Å². The van der Waals surface area contributed by atoms with Crippen LogP contribution in [0.2, 0.25) is 0 Å². The van der Waals surface area contributed by atoms with Crippen molar-refractivity contribution in [1.82, 2.24) is 10.2 Å². The van der Waals surface area contributed by atoms with Gasteiger partial charge in [0.2, 0.25) is 0 Å². The van der Waals surface area contributed by atoms with Gasteiger partial charge in [-0.15, -0.1) is 0 Å². The molecule has 0 saturated carbocycles. The predicted octanol–water partition coefficient (Wildman–Crippen LogP) is 3.78. The number of hydrogen-bond donors (Lipinski definition) is 2. The van der Waals surface area contributed by atoms with Crippen molar-refractivity contribution in [2.75, 3.05) is 49.9 Å². The summed E-state index contributed by atoms with van der Waals surface area (Å²) in [5, 5.41) is 3.13. The number of nitrogens with zero attached hydrogens (tertiary/aromatic N) is 2. The van der Waals surface area contributed by atoms with Crippen LogP contribution in [0.3, 0.4) is 0 Å². The minimum Gasteiger partial charge on any atom is -0.397 e. The zero-order valence-corrected chi connectivity index (χ0v) is 18.6. The van der Waals surface area contributed by atoms with Gasteiger partial charge in [0, 0.05) is 26.2 Å². The van der Waals surface area contributed by atoms with Crippen LogP contribution < -0.4 is 16.0 Å². The normalized spacial score (nSPS) is 15.5. The second-order valence-electron chi connectivity index (χ2n) is 8.63. The van der Waals surface area contributed by atoms with E-state index in [1.807, 2.05) is 0 Å². The van der Waals surface area contributed by atoms with E-state index in [0.717, 1.165) is 80.4 Å². The van der Waals surface area contributed by atoms with E-state index in [1.165, 1.54) is 0 Å². The lowest BCUT2D eigenvalue weighted by molar-refractivity contribution is 0.0949. The minimum atomic E-state index is -0.00177. The zero-order valence-electron chi connectivity index (χ0n) is 18.6. The van der Waals surface area contributed by atoms with Crippen molar-refractivity contribution in [3.8, 4) is 0 Å². The summed E-state index contributed by atoms with van der Waals surface area (Å²) in [6.07, 6.45) is 3.23. The Morgan fingerprint density at radius 3 is 2.46 bits per heavy atom. The summed E-state index contributed by atoms with van der Waals surface area (Å²) in [5.41, 5.74) is 10.0. The van der Waals surface area contributed by atoms with Crippen molar-refractivity contribution in [3.63, 3.8) is 0 Å². The highest BCUT2D eigenvalue weighted by Gasteiger charge is 2.24. The first kappa shape index (κ1) is 22.5. The number of piperidine rings is 1. The van der Waals surface area contributed by atoms with E-state index in [0.29, 0.717) is 12.5 Å². The first-order valence-electron chi connectivity index (χ1n) is 11.0. The quantitative estimate of drug-likeness (QED) is 0.632. The van der Waals surface area contributed by atoms with Gasteiger partial charge in [0.05, 0.1) is 16.9 Å². The smallest absolute Gasteiger partial charge is 0.253 e. The van der Waals surface area contributed by atoms with Crippen molar-refractivity contribution < 1.29 is 4.79 Å². The molecule has 1 aliphatic rings. The molecule has 0 unspecified atom stereocenters. The number of anilines is 2. The third-order valence-corrected chi connectivity index (χ3v) is 5.80. The summed E-state index contributed by atoms with van der Waals surface area (Å²) in [6.45, 7) is 16.5. The maximum Gasteiger partial charge on any atom is 0.253 e. The van der Waals surface area contributed by atoms with Gasteiger partial charge in [-0.3, -0.25) is 4.79 Å². The van der Waals surface area contributed by atoms with Crippen molar-refractivity contribution >= 4 is 17.3 Å². The van der Waals surface area contributed by atoms with E-state index in [-0.39, 0.29) is 5.91 Å². The highest BCUT2D eigenvalue weighted by Crippen LogP contribution is 2.33. The van der Waals surface area contributed by atoms with Crippen molar-refractivity contribution in [1.29, 1.82) is 0 Å². The maximum absolute atomic E-state index is 13.1. The Bertz CT molecular complexity index is 632. The topological polar surface area (TPSA) is 61.6 Å². The van der Waals surface area contributed by atoms with E-state index in [9.17, 15) is 4.79 Å². The first-order chi connectivity index (χ1) is 13.3. The third-order valence-electron chi connectivity index (χ3n) is 5.80. The molecule has 1 aromatic carbocycles. The fourth-order valence-corrected chi connectivity index (χ4v) is 4.03. The summed E-state index contributed by atoms with van der Waals surface area (Å²) < 4.78 is 0. The van der Waals surface area contributed by atoms with Crippen molar-refractivity contribution in [3.05, 3.63) is 23.3 Å². The summed E-state index contributed by atoms with van der Waals surface area (Å²) in [5.74, 6) is 1.27. The van der Waals surface area contributed by atoms with Crippen LogP contribution in [-0.4, -0.2) is 50.1 Å². The van der Waals surface area contributed by atoms with Gasteiger partial charge in [-0.05, 0) is 61.9 Å². The highest BCUT2D eigenvalue weighted by atomic mass is 16.1. The molecule has 1 heterocycles. The van der Waals surface area contributed by atoms with Crippen LogP contribution in [0.4, 0.5) is 11.4 Å². The third kappa shape index (κ3) is 6.13. The second-order valence-corrected chi connectivity index (χ2v) is 8.63. The number of rotatable bonds is 9. The molecule has 28 heavy (non-hydrogen) atoms. The monoisotopic (exact) mass is 388 g/mol. The summed E-state index contributed by atoms with van der Waals surface area (Å²) >= 11 is 0. The van der Waals surface area contributed by atoms with Crippen LogP contribution in [0.25, 0.3) is 0 Å². The number of carbonyl (C=O) groups is 1. The van der Waals surface area contributed by atoms with E-state index < -0.39 is 0 Å². The molecule has 1 amide bonds. The van der Waals surface area contributed by atoms with Gasteiger partial charge in [-0.25, -0.2) is 0 Å². The Kier molecular flexibility index (Phi) is 8.61. The van der Waals surface area contributed by atoms with Gasteiger partial charge in [0.1, 0.15) is 0 Å². The fraction of sp³-hybridized carbons (Fsp3) is 0.696. The molecule has 0 spiro atoms. The number of likely N-dealkylation sites (N-methyl/N-ethyl adjacent to an activating group) is 1. The SMILES string of the molecule is CCN(CC)CCNC(=O)c1cc(CC(C)C)cc(N)c1N1CCC(C)CC1. The first-order valence-corrected chi connectivity index (χ1v) is 11.0. The molecular weight excluding hydrogens is 348 g/mol. The number of hydrogen-bond acceptors (Lipinski definition) is 4. The Balaban J connectivity index is 2.24. The largest absolute Gasteiger partial charge is 0.397 e. The van der Waals surface area contributed by atoms with Gasteiger partial charge in [0.15, 0.2) is 0 Å². The van der Waals surface area contributed by atoms with E-state index in [1.54, 1.807) is 0 Å². The molecule has 0 radical (unpaired) electrons. The lowest BCUT2D eigenvalue weighted by atomic mass is 9.95. The van der Waals surface area contributed by atoms with Gasteiger partial charge in [-0.2, -0.15) is 0 Å². The summed E-state index contributed by atoms with van der Waals surface area (Å²) in [7, 11) is 0. The van der Waals surface area contributed by atoms with Crippen molar-refractivity contribution in [2.45, 2.75) is 53.9 Å². The Morgan fingerprint density at radius 1 is 1.25 bits per heavy atom. The molecule has 1 aromatic rings. The minimum absolute atomic E-state index is 0.00177. The second kappa shape index (κ2) is 10.7. The van der Waals surface area contributed by atoms with Gasteiger partial charge in [-0.1, -0.05) is 34.6 Å². The van der Waals surface area contributed by atoms with Gasteiger partial charge >= 0.3 is 0 Å². The predicted molar refractivity (Wildman–Crippen MR) is 120 cm³/mol. The maximum atomic E-state index is 13.1. The molecule has 1 fully saturated rings. The highest BCUT2D eigenvalue weighted by molar-refractivity contribution is 6.02. The van der Waals surface area contributed by atoms with Crippen LogP contribution in [0.1, 0.15) is 63.4 Å². The molecule has 0 aliphatic carbocycles. The molecule has 2 rings (SSSR count). The summed E-state index contributed by atoms with van der Waals surface area (Å²) in [4.78, 5) is 17.7. The van der Waals surface area contributed by atoms with Gasteiger partial charge in [0.25, 0.3) is 5.91 Å². The number of amides is 1. The Hall–Kier alpha value is -1.75.